The maximum absolute atomic E-state index is 5.78. The number of nitrogens with zero attached hydrogens (tertiary/aromatic N) is 2. The number of halogens is 1. The van der Waals surface area contributed by atoms with Gasteiger partial charge in [0, 0.05) is 12.4 Å². The average molecular weight is 169 g/mol. The number of rotatable bonds is 0. The van der Waals surface area contributed by atoms with E-state index in [1.165, 1.54) is 0 Å². The third-order valence-electron chi connectivity index (χ3n) is 1.46. The van der Waals surface area contributed by atoms with Crippen molar-refractivity contribution >= 4 is 28.3 Å². The predicted molar refractivity (Wildman–Crippen MR) is 43.3 cm³/mol. The molecule has 0 bridgehead atoms. The van der Waals surface area contributed by atoms with Gasteiger partial charge in [0.05, 0.1) is 15.9 Å². The van der Waals surface area contributed by atoms with Gasteiger partial charge < -0.3 is 5.73 Å². The number of nitrogens with two attached hydrogens (primary N) is 1. The number of nitrogens with one attached hydrogen (secondary N) is 1. The summed E-state index contributed by atoms with van der Waals surface area (Å²) in [4.78, 5) is 3.87. The smallest absolute Gasteiger partial charge is 0.154 e. The molecule has 0 aromatic carbocycles. The molecule has 0 aliphatic carbocycles. The molecular weight excluding hydrogens is 164 g/mol. The lowest BCUT2D eigenvalue weighted by Gasteiger charge is -1.89. The van der Waals surface area contributed by atoms with Crippen molar-refractivity contribution < 1.29 is 0 Å². The fourth-order valence-corrected chi connectivity index (χ4v) is 1.12. The van der Waals surface area contributed by atoms with Crippen LogP contribution in [0, 0.1) is 0 Å². The van der Waals surface area contributed by atoms with Crippen LogP contribution in [0.25, 0.3) is 10.9 Å². The molecule has 0 saturated carbocycles. The molecule has 4 nitrogen and oxygen atoms in total. The highest BCUT2D eigenvalue weighted by Crippen LogP contribution is 2.22. The Morgan fingerprint density at radius 3 is 3.00 bits per heavy atom. The van der Waals surface area contributed by atoms with E-state index in [2.05, 4.69) is 15.2 Å². The highest BCUT2D eigenvalue weighted by Gasteiger charge is 2.04. The largest absolute Gasteiger partial charge is 0.382 e. The third kappa shape index (κ3) is 0.832. The maximum Gasteiger partial charge on any atom is 0.154 e. The molecule has 11 heavy (non-hydrogen) atoms. The van der Waals surface area contributed by atoms with Crippen LogP contribution < -0.4 is 5.73 Å². The van der Waals surface area contributed by atoms with Gasteiger partial charge in [0.2, 0.25) is 0 Å². The second-order valence-electron chi connectivity index (χ2n) is 2.15. The minimum Gasteiger partial charge on any atom is -0.382 e. The first-order chi connectivity index (χ1) is 5.29. The zero-order valence-electron chi connectivity index (χ0n) is 5.50. The standard InChI is InChI=1S/C6H5ClN4/c7-4-2-9-1-3-5(4)10-11-6(3)8/h1-2H,(H3,8,10,11). The molecule has 0 saturated heterocycles. The Labute approximate surface area is 67.4 Å². The van der Waals surface area contributed by atoms with Crippen molar-refractivity contribution in [3.8, 4) is 0 Å². The van der Waals surface area contributed by atoms with E-state index in [0.29, 0.717) is 10.8 Å². The van der Waals surface area contributed by atoms with Crippen LogP contribution in [0.15, 0.2) is 12.4 Å². The summed E-state index contributed by atoms with van der Waals surface area (Å²) >= 11 is 5.78. The predicted octanol–water partition coefficient (Wildman–Crippen LogP) is 1.19. The van der Waals surface area contributed by atoms with E-state index in [9.17, 15) is 0 Å². The lowest BCUT2D eigenvalue weighted by Crippen LogP contribution is -1.83. The molecule has 5 heteroatoms. The zero-order valence-corrected chi connectivity index (χ0v) is 6.26. The quantitative estimate of drug-likeness (QED) is 0.621. The van der Waals surface area contributed by atoms with Gasteiger partial charge in [0.25, 0.3) is 0 Å². The number of aromatic nitrogens is 3. The van der Waals surface area contributed by atoms with Crippen molar-refractivity contribution in [2.75, 3.05) is 5.73 Å². The van der Waals surface area contributed by atoms with Crippen LogP contribution >= 0.6 is 11.6 Å². The summed E-state index contributed by atoms with van der Waals surface area (Å²) in [6.07, 6.45) is 3.17. The van der Waals surface area contributed by atoms with Crippen molar-refractivity contribution in [1.82, 2.24) is 15.2 Å². The van der Waals surface area contributed by atoms with Gasteiger partial charge in [-0.15, -0.1) is 0 Å². The van der Waals surface area contributed by atoms with Crippen LogP contribution in [0.5, 0.6) is 0 Å². The highest BCUT2D eigenvalue weighted by molar-refractivity contribution is 6.35. The molecular formula is C6H5ClN4. The van der Waals surface area contributed by atoms with Crippen LogP contribution in [-0.2, 0) is 0 Å². The number of hydrogen-bond acceptors (Lipinski definition) is 3. The average Bonchev–Trinajstić information content (AvgIpc) is 2.35. The molecule has 0 spiro atoms. The molecule has 2 aromatic rings. The molecule has 0 amide bonds. The van der Waals surface area contributed by atoms with Crippen LogP contribution in [0.2, 0.25) is 5.02 Å². The number of nitrogen functional groups attached to an aromatic ring is 1. The molecule has 2 aromatic heterocycles. The van der Waals surface area contributed by atoms with Gasteiger partial charge in [-0.25, -0.2) is 0 Å². The molecule has 0 atom stereocenters. The first-order valence-electron chi connectivity index (χ1n) is 3.02. The second-order valence-corrected chi connectivity index (χ2v) is 2.56. The van der Waals surface area contributed by atoms with Gasteiger partial charge in [-0.2, -0.15) is 5.10 Å². The molecule has 3 N–H and O–H groups in total. The number of pyridine rings is 1. The van der Waals surface area contributed by atoms with E-state index in [-0.39, 0.29) is 0 Å². The van der Waals surface area contributed by atoms with E-state index in [4.69, 9.17) is 17.3 Å². The summed E-state index contributed by atoms with van der Waals surface area (Å²) in [5, 5.41) is 7.79. The monoisotopic (exact) mass is 168 g/mol. The molecule has 0 aliphatic rings. The van der Waals surface area contributed by atoms with Gasteiger partial charge in [0.15, 0.2) is 5.82 Å². The van der Waals surface area contributed by atoms with Gasteiger partial charge in [-0.1, -0.05) is 11.6 Å². The van der Waals surface area contributed by atoms with Gasteiger partial charge in [0.1, 0.15) is 0 Å². The fourth-order valence-electron chi connectivity index (χ4n) is 0.919. The summed E-state index contributed by atoms with van der Waals surface area (Å²) < 4.78 is 0. The maximum atomic E-state index is 5.78. The number of hydrogen-bond donors (Lipinski definition) is 2. The van der Waals surface area contributed by atoms with Gasteiger partial charge in [-0.05, 0) is 0 Å². The van der Waals surface area contributed by atoms with E-state index < -0.39 is 0 Å². The van der Waals surface area contributed by atoms with E-state index in [1.54, 1.807) is 12.4 Å². The van der Waals surface area contributed by atoms with Crippen LogP contribution in [0.1, 0.15) is 0 Å². The SMILES string of the molecule is Nc1n[nH]c2c(Cl)cncc12. The summed E-state index contributed by atoms with van der Waals surface area (Å²) in [6, 6.07) is 0. The Balaban J connectivity index is 2.94. The second kappa shape index (κ2) is 2.10. The van der Waals surface area contributed by atoms with E-state index >= 15 is 0 Å². The highest BCUT2D eigenvalue weighted by atomic mass is 35.5. The zero-order chi connectivity index (χ0) is 7.84. The summed E-state index contributed by atoms with van der Waals surface area (Å²) in [7, 11) is 0. The number of fused-ring (bicyclic) bond motifs is 1. The molecule has 0 unspecified atom stereocenters. The van der Waals surface area contributed by atoms with Gasteiger partial charge in [-0.3, -0.25) is 10.1 Å². The Morgan fingerprint density at radius 1 is 1.45 bits per heavy atom. The molecule has 0 aliphatic heterocycles. The minimum atomic E-state index is 0.426. The molecule has 56 valence electrons. The van der Waals surface area contributed by atoms with Crippen molar-refractivity contribution in [1.29, 1.82) is 0 Å². The van der Waals surface area contributed by atoms with Crippen molar-refractivity contribution in [3.63, 3.8) is 0 Å². The number of H-pyrrole nitrogens is 1. The van der Waals surface area contributed by atoms with Crippen LogP contribution in [-0.4, -0.2) is 15.2 Å². The van der Waals surface area contributed by atoms with Crippen molar-refractivity contribution in [2.24, 2.45) is 0 Å². The third-order valence-corrected chi connectivity index (χ3v) is 1.75. The Kier molecular flexibility index (Phi) is 1.22. The normalized spacial score (nSPS) is 10.6. The molecule has 0 radical (unpaired) electrons. The summed E-state index contributed by atoms with van der Waals surface area (Å²) in [5.41, 5.74) is 6.24. The lowest BCUT2D eigenvalue weighted by molar-refractivity contribution is 1.13. The topological polar surface area (TPSA) is 67.6 Å². The number of aromatic amines is 1. The van der Waals surface area contributed by atoms with Gasteiger partial charge >= 0.3 is 0 Å². The van der Waals surface area contributed by atoms with E-state index in [1.807, 2.05) is 0 Å². The molecule has 0 fully saturated rings. The first kappa shape index (κ1) is 6.42. The first-order valence-corrected chi connectivity index (χ1v) is 3.40. The van der Waals surface area contributed by atoms with Crippen LogP contribution in [0.3, 0.4) is 0 Å². The Hall–Kier alpha value is -1.29. The molecule has 2 rings (SSSR count). The van der Waals surface area contributed by atoms with Crippen molar-refractivity contribution in [2.45, 2.75) is 0 Å². The fraction of sp³-hybridized carbons (Fsp3) is 0. The van der Waals surface area contributed by atoms with Crippen LogP contribution in [0.4, 0.5) is 5.82 Å². The number of anilines is 1. The Morgan fingerprint density at radius 2 is 2.27 bits per heavy atom. The summed E-state index contributed by atoms with van der Waals surface area (Å²) in [6.45, 7) is 0. The molecule has 2 heterocycles. The van der Waals surface area contributed by atoms with Crippen molar-refractivity contribution in [3.05, 3.63) is 17.4 Å². The Bertz CT molecular complexity index is 394. The van der Waals surface area contributed by atoms with E-state index in [0.717, 1.165) is 10.9 Å². The lowest BCUT2D eigenvalue weighted by atomic mass is 10.3. The summed E-state index contributed by atoms with van der Waals surface area (Å²) in [5.74, 6) is 0.426. The minimum absolute atomic E-state index is 0.426.